The topological polar surface area (TPSA) is 35.5 Å². The third kappa shape index (κ3) is 3.64. The van der Waals surface area contributed by atoms with Crippen molar-refractivity contribution >= 4 is 16.8 Å². The van der Waals surface area contributed by atoms with E-state index in [9.17, 15) is 4.79 Å². The van der Waals surface area contributed by atoms with E-state index < -0.39 is 0 Å². The number of carbonyl (C=O) groups excluding carboxylic acids is 1. The molecule has 0 fully saturated rings. The van der Waals surface area contributed by atoms with Crippen molar-refractivity contribution in [1.82, 2.24) is 0 Å². The van der Waals surface area contributed by atoms with Crippen LogP contribution in [0, 0.1) is 5.92 Å². The van der Waals surface area contributed by atoms with Crippen LogP contribution >= 0.6 is 11.6 Å². The third-order valence-electron chi connectivity index (χ3n) is 3.02. The van der Waals surface area contributed by atoms with E-state index in [1.54, 1.807) is 14.2 Å². The number of hydrogen-bond donors (Lipinski definition) is 0. The van der Waals surface area contributed by atoms with E-state index in [1.165, 1.54) is 0 Å². The zero-order valence-corrected chi connectivity index (χ0v) is 12.0. The number of halogens is 1. The average molecular weight is 271 g/mol. The van der Waals surface area contributed by atoms with Crippen LogP contribution < -0.4 is 9.47 Å². The largest absolute Gasteiger partial charge is 0.497 e. The molecule has 0 aliphatic carbocycles. The van der Waals surface area contributed by atoms with Gasteiger partial charge in [-0.05, 0) is 41.6 Å². The summed E-state index contributed by atoms with van der Waals surface area (Å²) in [5.41, 5.74) is 0.959. The number of ether oxygens (including phenoxy) is 2. The summed E-state index contributed by atoms with van der Waals surface area (Å²) in [6.45, 7) is 4.12. The van der Waals surface area contributed by atoms with Gasteiger partial charge in [-0.1, -0.05) is 13.8 Å². The van der Waals surface area contributed by atoms with Gasteiger partial charge in [0.15, 0.2) is 0 Å². The second-order valence-corrected chi connectivity index (χ2v) is 4.94. The van der Waals surface area contributed by atoms with Gasteiger partial charge in [-0.3, -0.25) is 4.79 Å². The quantitative estimate of drug-likeness (QED) is 0.741. The SMILES string of the molecule is COc1ccc(OC)c(C(CC(=O)Cl)C(C)C)c1. The maximum absolute atomic E-state index is 11.2. The van der Waals surface area contributed by atoms with Gasteiger partial charge in [0.05, 0.1) is 14.2 Å². The monoisotopic (exact) mass is 270 g/mol. The van der Waals surface area contributed by atoms with Gasteiger partial charge in [0.25, 0.3) is 0 Å². The molecular weight excluding hydrogens is 252 g/mol. The molecule has 18 heavy (non-hydrogen) atoms. The van der Waals surface area contributed by atoms with E-state index >= 15 is 0 Å². The third-order valence-corrected chi connectivity index (χ3v) is 3.18. The lowest BCUT2D eigenvalue weighted by Crippen LogP contribution is -2.11. The second kappa shape index (κ2) is 6.64. The highest BCUT2D eigenvalue weighted by Crippen LogP contribution is 2.37. The van der Waals surface area contributed by atoms with Crippen molar-refractivity contribution < 1.29 is 14.3 Å². The van der Waals surface area contributed by atoms with E-state index in [0.717, 1.165) is 17.1 Å². The van der Waals surface area contributed by atoms with Crippen molar-refractivity contribution in [1.29, 1.82) is 0 Å². The number of rotatable bonds is 6. The van der Waals surface area contributed by atoms with Gasteiger partial charge in [-0.15, -0.1) is 0 Å². The molecule has 0 saturated heterocycles. The molecule has 0 heterocycles. The maximum Gasteiger partial charge on any atom is 0.222 e. The minimum atomic E-state index is -0.335. The van der Waals surface area contributed by atoms with E-state index in [0.29, 0.717) is 6.42 Å². The standard InChI is InChI=1S/C14H19ClO3/c1-9(2)11(8-14(15)16)12-7-10(17-3)5-6-13(12)18-4/h5-7,9,11H,8H2,1-4H3. The molecule has 1 aromatic rings. The first kappa shape index (κ1) is 14.8. The maximum atomic E-state index is 11.2. The molecule has 1 atom stereocenters. The summed E-state index contributed by atoms with van der Waals surface area (Å²) in [7, 11) is 3.23. The average Bonchev–Trinajstić information content (AvgIpc) is 2.34. The predicted molar refractivity (Wildman–Crippen MR) is 72.6 cm³/mol. The molecule has 1 aromatic carbocycles. The van der Waals surface area contributed by atoms with Gasteiger partial charge < -0.3 is 9.47 Å². The van der Waals surface area contributed by atoms with Gasteiger partial charge >= 0.3 is 0 Å². The summed E-state index contributed by atoms with van der Waals surface area (Å²) in [5.74, 6) is 1.82. The first-order valence-corrected chi connectivity index (χ1v) is 6.27. The highest BCUT2D eigenvalue weighted by Gasteiger charge is 2.22. The Kier molecular flexibility index (Phi) is 5.48. The summed E-state index contributed by atoms with van der Waals surface area (Å²) in [6.07, 6.45) is 0.294. The van der Waals surface area contributed by atoms with Gasteiger partial charge in [0.2, 0.25) is 5.24 Å². The van der Waals surface area contributed by atoms with Crippen LogP contribution in [0.5, 0.6) is 11.5 Å². The Hall–Kier alpha value is -1.22. The molecule has 0 spiro atoms. The van der Waals surface area contributed by atoms with Gasteiger partial charge in [-0.25, -0.2) is 0 Å². The van der Waals surface area contributed by atoms with Crippen LogP contribution in [-0.4, -0.2) is 19.5 Å². The van der Waals surface area contributed by atoms with Crippen LogP contribution in [0.1, 0.15) is 31.7 Å². The lowest BCUT2D eigenvalue weighted by Gasteiger charge is -2.22. The molecular formula is C14H19ClO3. The Morgan fingerprint density at radius 2 is 1.94 bits per heavy atom. The Morgan fingerprint density at radius 1 is 1.28 bits per heavy atom. The summed E-state index contributed by atoms with van der Waals surface area (Å²) < 4.78 is 10.6. The fourth-order valence-electron chi connectivity index (χ4n) is 2.01. The lowest BCUT2D eigenvalue weighted by molar-refractivity contribution is -0.112. The zero-order chi connectivity index (χ0) is 13.7. The fourth-order valence-corrected chi connectivity index (χ4v) is 2.17. The number of methoxy groups -OCH3 is 2. The van der Waals surface area contributed by atoms with Crippen molar-refractivity contribution in [2.45, 2.75) is 26.2 Å². The molecule has 0 aliphatic rings. The van der Waals surface area contributed by atoms with Gasteiger partial charge in [-0.2, -0.15) is 0 Å². The van der Waals surface area contributed by atoms with Gasteiger partial charge in [0.1, 0.15) is 11.5 Å². The van der Waals surface area contributed by atoms with Crippen molar-refractivity contribution in [3.63, 3.8) is 0 Å². The molecule has 0 aromatic heterocycles. The molecule has 0 bridgehead atoms. The molecule has 0 radical (unpaired) electrons. The predicted octanol–water partition coefficient (Wildman–Crippen LogP) is 3.60. The van der Waals surface area contributed by atoms with E-state index in [2.05, 4.69) is 13.8 Å². The molecule has 0 N–H and O–H groups in total. The molecule has 0 amide bonds. The molecule has 3 nitrogen and oxygen atoms in total. The Bertz CT molecular complexity index is 416. The minimum absolute atomic E-state index is 0.0278. The molecule has 0 aliphatic heterocycles. The van der Waals surface area contributed by atoms with Crippen LogP contribution in [0.15, 0.2) is 18.2 Å². The fraction of sp³-hybridized carbons (Fsp3) is 0.500. The first-order chi connectivity index (χ1) is 8.49. The molecule has 0 saturated carbocycles. The zero-order valence-electron chi connectivity index (χ0n) is 11.2. The number of benzene rings is 1. The molecule has 1 rings (SSSR count). The van der Waals surface area contributed by atoms with Crippen LogP contribution in [0.25, 0.3) is 0 Å². The van der Waals surface area contributed by atoms with E-state index in [4.69, 9.17) is 21.1 Å². The van der Waals surface area contributed by atoms with Crippen LogP contribution in [0.3, 0.4) is 0 Å². The van der Waals surface area contributed by atoms with Crippen molar-refractivity contribution in [3.8, 4) is 11.5 Å². The smallest absolute Gasteiger partial charge is 0.222 e. The summed E-state index contributed by atoms with van der Waals surface area (Å²) in [4.78, 5) is 11.2. The lowest BCUT2D eigenvalue weighted by atomic mass is 9.85. The van der Waals surface area contributed by atoms with E-state index in [1.807, 2.05) is 18.2 Å². The number of hydrogen-bond acceptors (Lipinski definition) is 3. The van der Waals surface area contributed by atoms with Crippen molar-refractivity contribution in [3.05, 3.63) is 23.8 Å². The Balaban J connectivity index is 3.19. The summed E-state index contributed by atoms with van der Waals surface area (Å²) in [5, 5.41) is -0.335. The number of carbonyl (C=O) groups is 1. The second-order valence-electron chi connectivity index (χ2n) is 4.52. The van der Waals surface area contributed by atoms with E-state index in [-0.39, 0.29) is 17.1 Å². The highest BCUT2D eigenvalue weighted by molar-refractivity contribution is 6.63. The van der Waals surface area contributed by atoms with Gasteiger partial charge in [0, 0.05) is 12.0 Å². The molecule has 100 valence electrons. The first-order valence-electron chi connectivity index (χ1n) is 5.89. The Morgan fingerprint density at radius 3 is 2.39 bits per heavy atom. The molecule has 1 unspecified atom stereocenters. The van der Waals surface area contributed by atoms with Crippen LogP contribution in [-0.2, 0) is 4.79 Å². The van der Waals surface area contributed by atoms with Crippen LogP contribution in [0.4, 0.5) is 0 Å². The summed E-state index contributed by atoms with van der Waals surface area (Å²) >= 11 is 5.52. The normalized spacial score (nSPS) is 12.3. The van der Waals surface area contributed by atoms with Crippen LogP contribution in [0.2, 0.25) is 0 Å². The summed E-state index contributed by atoms with van der Waals surface area (Å²) in [6, 6.07) is 5.59. The highest BCUT2D eigenvalue weighted by atomic mass is 35.5. The van der Waals surface area contributed by atoms with Crippen molar-refractivity contribution in [2.24, 2.45) is 5.92 Å². The van der Waals surface area contributed by atoms with Crippen molar-refractivity contribution in [2.75, 3.05) is 14.2 Å². The minimum Gasteiger partial charge on any atom is -0.497 e. The molecule has 4 heteroatoms. The Labute approximate surface area is 113 Å².